The van der Waals surface area contributed by atoms with E-state index in [1.807, 2.05) is 13.8 Å². The summed E-state index contributed by atoms with van der Waals surface area (Å²) in [5, 5.41) is 64.8. The first kappa shape index (κ1) is 26.6. The van der Waals surface area contributed by atoms with Gasteiger partial charge in [0.25, 0.3) is 0 Å². The molecular formula is C29H34O9. The van der Waals surface area contributed by atoms with Crippen LogP contribution in [0.15, 0.2) is 47.6 Å². The summed E-state index contributed by atoms with van der Waals surface area (Å²) in [7, 11) is 0. The van der Waals surface area contributed by atoms with Gasteiger partial charge in [0.05, 0.1) is 18.3 Å². The summed E-state index contributed by atoms with van der Waals surface area (Å²) in [6.45, 7) is 6.44. The summed E-state index contributed by atoms with van der Waals surface area (Å²) in [5.41, 5.74) is -4.72. The molecule has 1 aromatic rings. The molecule has 6 N–H and O–H groups in total. The molecule has 0 saturated heterocycles. The van der Waals surface area contributed by atoms with Gasteiger partial charge in [-0.1, -0.05) is 39.0 Å². The first-order valence-electron chi connectivity index (χ1n) is 12.8. The normalized spacial score (nSPS) is 40.9. The number of aliphatic hydroxyl groups is 4. The largest absolute Gasteiger partial charge is 0.504 e. The topological polar surface area (TPSA) is 165 Å². The summed E-state index contributed by atoms with van der Waals surface area (Å²) in [6, 6.07) is 4.07. The van der Waals surface area contributed by atoms with E-state index in [0.29, 0.717) is 16.7 Å². The molecule has 0 amide bonds. The second kappa shape index (κ2) is 8.26. The third-order valence-electron chi connectivity index (χ3n) is 9.68. The Hall–Kier alpha value is -2.98. The van der Waals surface area contributed by atoms with Crippen LogP contribution in [0, 0.1) is 29.1 Å². The molecule has 4 aliphatic carbocycles. The highest BCUT2D eigenvalue weighted by atomic mass is 16.6. The number of carbonyl (C=O) groups is 2. The van der Waals surface area contributed by atoms with Crippen molar-refractivity contribution < 1.29 is 45.0 Å². The molecule has 2 fully saturated rings. The average molecular weight is 527 g/mol. The number of hydrogen-bond donors (Lipinski definition) is 6. The van der Waals surface area contributed by atoms with Crippen molar-refractivity contribution in [2.45, 2.75) is 57.0 Å². The molecule has 4 aliphatic rings. The van der Waals surface area contributed by atoms with Crippen LogP contribution in [0.25, 0.3) is 6.08 Å². The predicted octanol–water partition coefficient (Wildman–Crippen LogP) is 1.61. The number of fused-ring (bicyclic) bond motifs is 5. The van der Waals surface area contributed by atoms with Crippen LogP contribution in [0.3, 0.4) is 0 Å². The van der Waals surface area contributed by atoms with Crippen molar-refractivity contribution >= 4 is 17.8 Å². The van der Waals surface area contributed by atoms with Gasteiger partial charge in [0, 0.05) is 41.6 Å². The summed E-state index contributed by atoms with van der Waals surface area (Å²) in [5.74, 6) is -5.14. The maximum absolute atomic E-state index is 13.0. The number of carbonyl (C=O) groups excluding carboxylic acids is 2. The van der Waals surface area contributed by atoms with Crippen LogP contribution in [0.1, 0.15) is 39.7 Å². The number of aliphatic hydroxyl groups excluding tert-OH is 2. The van der Waals surface area contributed by atoms with E-state index in [1.165, 1.54) is 24.3 Å². The number of hydrogen-bond acceptors (Lipinski definition) is 9. The van der Waals surface area contributed by atoms with Crippen molar-refractivity contribution in [1.82, 2.24) is 0 Å². The Bertz CT molecular complexity index is 1310. The van der Waals surface area contributed by atoms with Crippen LogP contribution in [0.4, 0.5) is 0 Å². The lowest BCUT2D eigenvalue weighted by molar-refractivity contribution is -0.217. The number of phenolic OH excluding ortho intramolecular Hbond substituents is 2. The smallest absolute Gasteiger partial charge is 0.331 e. The summed E-state index contributed by atoms with van der Waals surface area (Å²) in [6.07, 6.45) is 4.35. The molecule has 0 aromatic heterocycles. The van der Waals surface area contributed by atoms with E-state index in [9.17, 15) is 40.2 Å². The van der Waals surface area contributed by atoms with Crippen LogP contribution in [-0.2, 0) is 14.3 Å². The number of esters is 1. The molecule has 8 atom stereocenters. The van der Waals surface area contributed by atoms with Gasteiger partial charge in [-0.15, -0.1) is 0 Å². The Morgan fingerprint density at radius 3 is 2.47 bits per heavy atom. The number of phenols is 2. The Labute approximate surface area is 220 Å². The minimum Gasteiger partial charge on any atom is -0.504 e. The van der Waals surface area contributed by atoms with Gasteiger partial charge in [-0.3, -0.25) is 4.79 Å². The van der Waals surface area contributed by atoms with E-state index in [0.717, 1.165) is 6.08 Å². The standard InChI is InChI=1S/C29H34O9/c1-14-9-21-27(36,24(14)34)12-17(13-30)10-18-23-26(3,4)29(23,25(35)15(2)28(18,21)37)38-22(33)8-6-16-5-7-19(31)20(32)11-16/h5-11,15,18,21,23,25,30-32,35-37H,12-13H2,1-4H3/t15-,18+,21-,23-,25-,27-,28-,29+/m1/s1. The number of benzene rings is 1. The monoisotopic (exact) mass is 526 g/mol. The molecule has 0 heterocycles. The highest BCUT2D eigenvalue weighted by molar-refractivity contribution is 6.04. The quantitative estimate of drug-likeness (QED) is 0.148. The van der Waals surface area contributed by atoms with Gasteiger partial charge in [0.1, 0.15) is 11.2 Å². The van der Waals surface area contributed by atoms with Gasteiger partial charge in [-0.05, 0) is 41.8 Å². The Morgan fingerprint density at radius 1 is 1.16 bits per heavy atom. The van der Waals surface area contributed by atoms with Gasteiger partial charge >= 0.3 is 5.97 Å². The van der Waals surface area contributed by atoms with Crippen molar-refractivity contribution in [2.75, 3.05) is 6.61 Å². The number of aromatic hydroxyl groups is 2. The fourth-order valence-electron chi connectivity index (χ4n) is 7.68. The number of Topliss-reactive ketones (excluding diaryl/α,β-unsaturated/α-hetero) is 1. The van der Waals surface area contributed by atoms with Crippen LogP contribution in [0.5, 0.6) is 11.5 Å². The number of rotatable bonds is 4. The number of ketones is 1. The molecule has 38 heavy (non-hydrogen) atoms. The van der Waals surface area contributed by atoms with Crippen molar-refractivity contribution in [1.29, 1.82) is 0 Å². The molecular weight excluding hydrogens is 492 g/mol. The van der Waals surface area contributed by atoms with E-state index in [2.05, 4.69) is 0 Å². The van der Waals surface area contributed by atoms with Crippen molar-refractivity contribution in [2.24, 2.45) is 29.1 Å². The maximum Gasteiger partial charge on any atom is 0.331 e. The Morgan fingerprint density at radius 2 is 1.84 bits per heavy atom. The average Bonchev–Trinajstić information content (AvgIpc) is 3.29. The summed E-state index contributed by atoms with van der Waals surface area (Å²) in [4.78, 5) is 26.0. The fourth-order valence-corrected chi connectivity index (χ4v) is 7.68. The molecule has 204 valence electrons. The highest BCUT2D eigenvalue weighted by Crippen LogP contribution is 2.76. The second-order valence-corrected chi connectivity index (χ2v) is 11.9. The Kier molecular flexibility index (Phi) is 5.79. The van der Waals surface area contributed by atoms with E-state index in [4.69, 9.17) is 4.74 Å². The van der Waals surface area contributed by atoms with Gasteiger partial charge in [0.2, 0.25) is 0 Å². The molecule has 1 aromatic carbocycles. The minimum absolute atomic E-state index is 0.148. The molecule has 0 bridgehead atoms. The molecule has 0 spiro atoms. The lowest BCUT2D eigenvalue weighted by Crippen LogP contribution is -2.65. The molecule has 2 saturated carbocycles. The van der Waals surface area contributed by atoms with Crippen LogP contribution in [-0.4, -0.2) is 71.9 Å². The zero-order chi connectivity index (χ0) is 28.0. The van der Waals surface area contributed by atoms with Gasteiger partial charge in [-0.25, -0.2) is 4.79 Å². The zero-order valence-corrected chi connectivity index (χ0v) is 21.8. The summed E-state index contributed by atoms with van der Waals surface area (Å²) >= 11 is 0. The van der Waals surface area contributed by atoms with Gasteiger partial charge in [-0.2, -0.15) is 0 Å². The van der Waals surface area contributed by atoms with Gasteiger partial charge in [0.15, 0.2) is 17.3 Å². The van der Waals surface area contributed by atoms with Crippen LogP contribution < -0.4 is 0 Å². The van der Waals surface area contributed by atoms with E-state index >= 15 is 0 Å². The Balaban J connectivity index is 1.53. The molecule has 0 aliphatic heterocycles. The van der Waals surface area contributed by atoms with Crippen LogP contribution >= 0.6 is 0 Å². The highest BCUT2D eigenvalue weighted by Gasteiger charge is 2.86. The van der Waals surface area contributed by atoms with Gasteiger partial charge < -0.3 is 35.4 Å². The van der Waals surface area contributed by atoms with Crippen molar-refractivity contribution in [3.05, 3.63) is 53.1 Å². The zero-order valence-electron chi connectivity index (χ0n) is 21.8. The lowest BCUT2D eigenvalue weighted by atomic mass is 9.59. The van der Waals surface area contributed by atoms with E-state index in [1.54, 1.807) is 26.0 Å². The third-order valence-corrected chi connectivity index (χ3v) is 9.68. The third kappa shape index (κ3) is 3.25. The maximum atomic E-state index is 13.0. The molecule has 9 heteroatoms. The molecule has 9 nitrogen and oxygen atoms in total. The van der Waals surface area contributed by atoms with Crippen molar-refractivity contribution in [3.8, 4) is 11.5 Å². The molecule has 5 rings (SSSR count). The minimum atomic E-state index is -1.95. The summed E-state index contributed by atoms with van der Waals surface area (Å²) < 4.78 is 5.97. The predicted molar refractivity (Wildman–Crippen MR) is 135 cm³/mol. The van der Waals surface area contributed by atoms with Crippen molar-refractivity contribution in [3.63, 3.8) is 0 Å². The first-order valence-corrected chi connectivity index (χ1v) is 12.8. The molecule has 0 unspecified atom stereocenters. The van der Waals surface area contributed by atoms with E-state index < -0.39 is 70.4 Å². The van der Waals surface area contributed by atoms with E-state index in [-0.39, 0.29) is 17.9 Å². The van der Waals surface area contributed by atoms with Crippen LogP contribution in [0.2, 0.25) is 0 Å². The number of ether oxygens (including phenoxy) is 1. The second-order valence-electron chi connectivity index (χ2n) is 11.9. The first-order chi connectivity index (χ1) is 17.7. The lowest BCUT2D eigenvalue weighted by Gasteiger charge is -2.52. The fraction of sp³-hybridized carbons (Fsp3) is 0.517. The molecule has 0 radical (unpaired) electrons. The SMILES string of the molecule is CC1=C[C@H]2[C@@]3(O)[C@H](C)[C@@H](O)[C@@]4(OC(=O)C=Cc5ccc(O)c(O)c5)[C@H]([C@@H]3C=C(CO)C[C@]2(O)C1=O)C4(C)C.